The van der Waals surface area contributed by atoms with Crippen molar-refractivity contribution in [3.8, 4) is 17.2 Å². The minimum Gasteiger partial charge on any atom is -0.493 e. The maximum atomic E-state index is 10.9. The van der Waals surface area contributed by atoms with Crippen LogP contribution < -0.4 is 14.2 Å². The lowest BCUT2D eigenvalue weighted by atomic mass is 10.2. The third-order valence-electron chi connectivity index (χ3n) is 4.01. The van der Waals surface area contributed by atoms with Gasteiger partial charge in [-0.15, -0.1) is 0 Å². The van der Waals surface area contributed by atoms with Gasteiger partial charge in [-0.25, -0.2) is 0 Å². The van der Waals surface area contributed by atoms with Crippen LogP contribution >= 0.6 is 31.9 Å². The normalized spacial score (nSPS) is 10.4. The van der Waals surface area contributed by atoms with Crippen LogP contribution in [0.5, 0.6) is 17.2 Å². The topological polar surface area (TPSA) is 44.8 Å². The Morgan fingerprint density at radius 1 is 0.821 bits per heavy atom. The lowest BCUT2D eigenvalue weighted by Gasteiger charge is -2.14. The predicted octanol–water partition coefficient (Wildman–Crippen LogP) is 6.19. The van der Waals surface area contributed by atoms with E-state index in [1.807, 2.05) is 48.5 Å². The molecule has 0 saturated carbocycles. The fourth-order valence-corrected chi connectivity index (χ4v) is 4.05. The van der Waals surface area contributed by atoms with Crippen LogP contribution in [0.25, 0.3) is 0 Å². The largest absolute Gasteiger partial charge is 0.493 e. The molecule has 0 N–H and O–H groups in total. The summed E-state index contributed by atoms with van der Waals surface area (Å²) in [5.74, 6) is 1.95. The number of hydrogen-bond donors (Lipinski definition) is 0. The molecule has 0 radical (unpaired) electrons. The molecular formula is C22H18Br2O4. The monoisotopic (exact) mass is 504 g/mol. The fraction of sp³-hybridized carbons (Fsp3) is 0.136. The first-order chi connectivity index (χ1) is 13.6. The summed E-state index contributed by atoms with van der Waals surface area (Å²) >= 11 is 6.87. The molecule has 0 aliphatic carbocycles. The van der Waals surface area contributed by atoms with Crippen LogP contribution in [0.15, 0.2) is 69.6 Å². The van der Waals surface area contributed by atoms with Gasteiger partial charge in [-0.05, 0) is 67.3 Å². The van der Waals surface area contributed by atoms with E-state index >= 15 is 0 Å². The van der Waals surface area contributed by atoms with Crippen LogP contribution in [0, 0.1) is 0 Å². The van der Waals surface area contributed by atoms with Crippen LogP contribution in [-0.4, -0.2) is 13.4 Å². The SMILES string of the molecule is COc1cc(COc2c(Br)cc(C=O)cc2Br)ccc1OCc1ccccc1. The molecule has 4 nitrogen and oxygen atoms in total. The van der Waals surface area contributed by atoms with Crippen molar-refractivity contribution in [1.29, 1.82) is 0 Å². The highest BCUT2D eigenvalue weighted by Crippen LogP contribution is 2.35. The maximum absolute atomic E-state index is 10.9. The van der Waals surface area contributed by atoms with Crippen LogP contribution in [-0.2, 0) is 13.2 Å². The van der Waals surface area contributed by atoms with Crippen molar-refractivity contribution in [1.82, 2.24) is 0 Å². The Hall–Kier alpha value is -2.31. The highest BCUT2D eigenvalue weighted by molar-refractivity contribution is 9.11. The summed E-state index contributed by atoms with van der Waals surface area (Å²) in [6.45, 7) is 0.809. The van der Waals surface area contributed by atoms with E-state index in [1.165, 1.54) is 0 Å². The number of aldehydes is 1. The molecule has 3 aromatic carbocycles. The zero-order chi connectivity index (χ0) is 19.9. The van der Waals surface area contributed by atoms with Crippen molar-refractivity contribution < 1.29 is 19.0 Å². The number of methoxy groups -OCH3 is 1. The summed E-state index contributed by atoms with van der Waals surface area (Å²) in [5.41, 5.74) is 2.58. The molecule has 0 unspecified atom stereocenters. The lowest BCUT2D eigenvalue weighted by molar-refractivity contribution is 0.112. The van der Waals surface area contributed by atoms with Gasteiger partial charge in [0.1, 0.15) is 25.2 Å². The van der Waals surface area contributed by atoms with E-state index in [-0.39, 0.29) is 0 Å². The molecule has 0 aromatic heterocycles. The van der Waals surface area contributed by atoms with E-state index < -0.39 is 0 Å². The predicted molar refractivity (Wildman–Crippen MR) is 115 cm³/mol. The molecule has 0 heterocycles. The van der Waals surface area contributed by atoms with Gasteiger partial charge >= 0.3 is 0 Å². The maximum Gasteiger partial charge on any atom is 0.161 e. The molecule has 0 bridgehead atoms. The first kappa shape index (κ1) is 20.4. The second-order valence-electron chi connectivity index (χ2n) is 5.98. The Balaban J connectivity index is 1.69. The molecule has 0 saturated heterocycles. The highest BCUT2D eigenvalue weighted by atomic mass is 79.9. The molecule has 0 amide bonds. The molecule has 0 spiro atoms. The Bertz CT molecular complexity index is 935. The van der Waals surface area contributed by atoms with Crippen molar-refractivity contribution in [2.75, 3.05) is 7.11 Å². The summed E-state index contributed by atoms with van der Waals surface area (Å²) in [4.78, 5) is 10.9. The van der Waals surface area contributed by atoms with Gasteiger partial charge < -0.3 is 14.2 Å². The van der Waals surface area contributed by atoms with Crippen molar-refractivity contribution in [3.63, 3.8) is 0 Å². The fourth-order valence-electron chi connectivity index (χ4n) is 2.60. The average molecular weight is 506 g/mol. The van der Waals surface area contributed by atoms with Gasteiger partial charge in [-0.3, -0.25) is 4.79 Å². The van der Waals surface area contributed by atoms with Crippen LogP contribution in [0.4, 0.5) is 0 Å². The van der Waals surface area contributed by atoms with E-state index in [1.54, 1.807) is 19.2 Å². The van der Waals surface area contributed by atoms with Gasteiger partial charge in [-0.2, -0.15) is 0 Å². The smallest absolute Gasteiger partial charge is 0.161 e. The Labute approximate surface area is 180 Å². The number of rotatable bonds is 8. The summed E-state index contributed by atoms with van der Waals surface area (Å²) in [5, 5.41) is 0. The van der Waals surface area contributed by atoms with Gasteiger partial charge in [0, 0.05) is 5.56 Å². The molecule has 3 rings (SSSR count). The number of hydrogen-bond acceptors (Lipinski definition) is 4. The van der Waals surface area contributed by atoms with Gasteiger partial charge in [0.05, 0.1) is 16.1 Å². The minimum atomic E-state index is 0.340. The van der Waals surface area contributed by atoms with Crippen LogP contribution in [0.3, 0.4) is 0 Å². The van der Waals surface area contributed by atoms with E-state index in [0.717, 1.165) is 17.4 Å². The number of carbonyl (C=O) groups excluding carboxylic acids is 1. The van der Waals surface area contributed by atoms with Crippen molar-refractivity contribution >= 4 is 38.1 Å². The molecule has 0 aliphatic heterocycles. The van der Waals surface area contributed by atoms with Gasteiger partial charge in [-0.1, -0.05) is 36.4 Å². The lowest BCUT2D eigenvalue weighted by Crippen LogP contribution is -2.01. The van der Waals surface area contributed by atoms with Gasteiger partial charge in [0.25, 0.3) is 0 Å². The summed E-state index contributed by atoms with van der Waals surface area (Å²) < 4.78 is 18.7. The Kier molecular flexibility index (Phi) is 7.12. The number of carbonyl (C=O) groups is 1. The molecule has 0 aliphatic rings. The third-order valence-corrected chi connectivity index (χ3v) is 5.18. The molecule has 0 fully saturated rings. The quantitative estimate of drug-likeness (QED) is 0.342. The van der Waals surface area contributed by atoms with E-state index in [9.17, 15) is 4.79 Å². The number of benzene rings is 3. The zero-order valence-electron chi connectivity index (χ0n) is 15.2. The van der Waals surface area contributed by atoms with Gasteiger partial charge in [0.15, 0.2) is 11.5 Å². The second-order valence-corrected chi connectivity index (χ2v) is 7.69. The Morgan fingerprint density at radius 3 is 2.14 bits per heavy atom. The Morgan fingerprint density at radius 2 is 1.50 bits per heavy atom. The minimum absolute atomic E-state index is 0.340. The second kappa shape index (κ2) is 9.75. The van der Waals surface area contributed by atoms with E-state index in [0.29, 0.717) is 45.0 Å². The summed E-state index contributed by atoms with van der Waals surface area (Å²) in [7, 11) is 1.61. The first-order valence-corrected chi connectivity index (χ1v) is 10.1. The zero-order valence-corrected chi connectivity index (χ0v) is 18.3. The van der Waals surface area contributed by atoms with Crippen molar-refractivity contribution in [3.05, 3.63) is 86.3 Å². The third kappa shape index (κ3) is 5.14. The summed E-state index contributed by atoms with van der Waals surface area (Å²) in [6.07, 6.45) is 0.790. The molecule has 3 aromatic rings. The molecule has 28 heavy (non-hydrogen) atoms. The van der Waals surface area contributed by atoms with E-state index in [4.69, 9.17) is 14.2 Å². The molecule has 144 valence electrons. The van der Waals surface area contributed by atoms with E-state index in [2.05, 4.69) is 31.9 Å². The van der Waals surface area contributed by atoms with Crippen molar-refractivity contribution in [2.45, 2.75) is 13.2 Å². The average Bonchev–Trinajstić information content (AvgIpc) is 2.72. The van der Waals surface area contributed by atoms with Crippen molar-refractivity contribution in [2.24, 2.45) is 0 Å². The van der Waals surface area contributed by atoms with Gasteiger partial charge in [0.2, 0.25) is 0 Å². The van der Waals surface area contributed by atoms with Crippen LogP contribution in [0.2, 0.25) is 0 Å². The highest BCUT2D eigenvalue weighted by Gasteiger charge is 2.11. The van der Waals surface area contributed by atoms with Crippen LogP contribution in [0.1, 0.15) is 21.5 Å². The standard InChI is InChI=1S/C22H18Br2O4/c1-26-21-11-16(7-8-20(21)27-13-15-5-3-2-4-6-15)14-28-22-18(23)9-17(12-25)10-19(22)24/h2-12H,13-14H2,1H3. The molecule has 0 atom stereocenters. The summed E-state index contributed by atoms with van der Waals surface area (Å²) in [6, 6.07) is 19.1. The molecule has 6 heteroatoms. The number of halogens is 2. The first-order valence-electron chi connectivity index (χ1n) is 8.51. The number of ether oxygens (including phenoxy) is 3. The molecular weight excluding hydrogens is 488 g/mol.